The average Bonchev–Trinajstić information content (AvgIpc) is 2.11. The van der Waals surface area contributed by atoms with Gasteiger partial charge in [-0.25, -0.2) is 0 Å². The van der Waals surface area contributed by atoms with Gasteiger partial charge in [0.1, 0.15) is 6.54 Å². The van der Waals surface area contributed by atoms with Crippen molar-refractivity contribution in [3.63, 3.8) is 0 Å². The third kappa shape index (κ3) is 4.50. The second kappa shape index (κ2) is 5.56. The van der Waals surface area contributed by atoms with Crippen LogP contribution in [0.2, 0.25) is 0 Å². The topological polar surface area (TPSA) is 55.4 Å². The zero-order valence-electron chi connectivity index (χ0n) is 8.59. The molecule has 0 aliphatic carbocycles. The summed E-state index contributed by atoms with van der Waals surface area (Å²) in [5.74, 6) is -0.341. The molecule has 4 heteroatoms. The highest BCUT2D eigenvalue weighted by molar-refractivity contribution is 5.83. The first-order chi connectivity index (χ1) is 5.99. The molecule has 0 aliphatic heterocycles. The molecule has 0 aromatic heterocycles. The minimum atomic E-state index is -0.427. The predicted molar refractivity (Wildman–Crippen MR) is 49.0 cm³/mol. The zero-order chi connectivity index (χ0) is 10.4. The van der Waals surface area contributed by atoms with Crippen LogP contribution >= 0.6 is 0 Å². The van der Waals surface area contributed by atoms with Gasteiger partial charge in [0.05, 0.1) is 7.11 Å². The molecular weight excluding hydrogens is 170 g/mol. The van der Waals surface area contributed by atoms with E-state index in [0.29, 0.717) is 0 Å². The average molecular weight is 187 g/mol. The number of amides is 1. The quantitative estimate of drug-likeness (QED) is 0.654. The van der Waals surface area contributed by atoms with E-state index in [2.05, 4.69) is 10.1 Å². The number of carbonyl (C=O) groups excluding carboxylic acids is 2. The molecule has 0 aromatic carbocycles. The molecule has 0 aromatic rings. The molecule has 0 unspecified atom stereocenters. The lowest BCUT2D eigenvalue weighted by molar-refractivity contribution is -0.141. The van der Waals surface area contributed by atoms with E-state index in [1.54, 1.807) is 0 Å². The molecule has 0 saturated carbocycles. The number of rotatable bonds is 4. The second-order valence-corrected chi connectivity index (χ2v) is 3.33. The van der Waals surface area contributed by atoms with Crippen LogP contribution in [-0.4, -0.2) is 25.5 Å². The van der Waals surface area contributed by atoms with Gasteiger partial charge in [0.15, 0.2) is 0 Å². The summed E-state index contributed by atoms with van der Waals surface area (Å²) in [6.45, 7) is 5.70. The maximum Gasteiger partial charge on any atom is 0.325 e. The highest BCUT2D eigenvalue weighted by atomic mass is 16.5. The van der Waals surface area contributed by atoms with Crippen LogP contribution in [0.15, 0.2) is 0 Å². The standard InChI is InChI=1S/C9H17NO3/c1-6(2)7(3)9(12)10-5-8(11)13-4/h6-7H,5H2,1-4H3,(H,10,12)/t7-/m0/s1. The van der Waals surface area contributed by atoms with E-state index in [1.165, 1.54) is 7.11 Å². The monoisotopic (exact) mass is 187 g/mol. The van der Waals surface area contributed by atoms with Crippen LogP contribution in [-0.2, 0) is 14.3 Å². The van der Waals surface area contributed by atoms with Gasteiger partial charge in [-0.3, -0.25) is 9.59 Å². The normalized spacial score (nSPS) is 12.4. The first-order valence-corrected chi connectivity index (χ1v) is 4.33. The Kier molecular flexibility index (Phi) is 5.11. The van der Waals surface area contributed by atoms with Crippen molar-refractivity contribution in [2.75, 3.05) is 13.7 Å². The van der Waals surface area contributed by atoms with E-state index in [1.807, 2.05) is 20.8 Å². The number of carbonyl (C=O) groups is 2. The predicted octanol–water partition coefficient (Wildman–Crippen LogP) is 0.568. The van der Waals surface area contributed by atoms with Crippen LogP contribution in [0.25, 0.3) is 0 Å². The lowest BCUT2D eigenvalue weighted by Crippen LogP contribution is -2.35. The summed E-state index contributed by atoms with van der Waals surface area (Å²) >= 11 is 0. The van der Waals surface area contributed by atoms with E-state index in [0.717, 1.165) is 0 Å². The molecule has 0 aliphatic rings. The minimum Gasteiger partial charge on any atom is -0.468 e. The van der Waals surface area contributed by atoms with Crippen molar-refractivity contribution < 1.29 is 14.3 Å². The first-order valence-electron chi connectivity index (χ1n) is 4.33. The maximum atomic E-state index is 11.3. The third-order valence-corrected chi connectivity index (χ3v) is 2.05. The summed E-state index contributed by atoms with van der Waals surface area (Å²) in [4.78, 5) is 22.0. The van der Waals surface area contributed by atoms with Gasteiger partial charge in [-0.2, -0.15) is 0 Å². The molecule has 0 rings (SSSR count). The van der Waals surface area contributed by atoms with Crippen molar-refractivity contribution >= 4 is 11.9 Å². The summed E-state index contributed by atoms with van der Waals surface area (Å²) in [6, 6.07) is 0. The van der Waals surface area contributed by atoms with E-state index in [9.17, 15) is 9.59 Å². The van der Waals surface area contributed by atoms with Gasteiger partial charge in [0.25, 0.3) is 0 Å². The van der Waals surface area contributed by atoms with Crippen LogP contribution in [0.4, 0.5) is 0 Å². The fourth-order valence-corrected chi connectivity index (χ4v) is 0.695. The van der Waals surface area contributed by atoms with Crippen LogP contribution < -0.4 is 5.32 Å². The van der Waals surface area contributed by atoms with Gasteiger partial charge in [0.2, 0.25) is 5.91 Å². The number of nitrogens with one attached hydrogen (secondary N) is 1. The molecule has 0 radical (unpaired) electrons. The number of esters is 1. The smallest absolute Gasteiger partial charge is 0.325 e. The summed E-state index contributed by atoms with van der Waals surface area (Å²) < 4.78 is 4.39. The zero-order valence-corrected chi connectivity index (χ0v) is 8.59. The minimum absolute atomic E-state index is 0.0492. The molecule has 13 heavy (non-hydrogen) atoms. The lowest BCUT2D eigenvalue weighted by atomic mass is 9.97. The molecule has 1 N–H and O–H groups in total. The summed E-state index contributed by atoms with van der Waals surface area (Å²) in [7, 11) is 1.29. The van der Waals surface area contributed by atoms with Gasteiger partial charge in [-0.15, -0.1) is 0 Å². The molecule has 1 atom stereocenters. The van der Waals surface area contributed by atoms with Gasteiger partial charge in [0, 0.05) is 5.92 Å². The van der Waals surface area contributed by atoms with Crippen LogP contribution in [0, 0.1) is 11.8 Å². The highest BCUT2D eigenvalue weighted by Crippen LogP contribution is 2.08. The Hall–Kier alpha value is -1.06. The third-order valence-electron chi connectivity index (χ3n) is 2.05. The molecular formula is C9H17NO3. The summed E-state index contributed by atoms with van der Waals surface area (Å²) in [5.41, 5.74) is 0. The number of hydrogen-bond acceptors (Lipinski definition) is 3. The fraction of sp³-hybridized carbons (Fsp3) is 0.778. The molecule has 1 amide bonds. The Morgan fingerprint density at radius 3 is 2.23 bits per heavy atom. The van der Waals surface area contributed by atoms with E-state index >= 15 is 0 Å². The van der Waals surface area contributed by atoms with Gasteiger partial charge in [-0.1, -0.05) is 20.8 Å². The Balaban J connectivity index is 3.81. The van der Waals surface area contributed by atoms with E-state index < -0.39 is 5.97 Å². The lowest BCUT2D eigenvalue weighted by Gasteiger charge is -2.14. The molecule has 4 nitrogen and oxygen atoms in total. The van der Waals surface area contributed by atoms with Crippen LogP contribution in [0.1, 0.15) is 20.8 Å². The maximum absolute atomic E-state index is 11.3. The number of ether oxygens (including phenoxy) is 1. The highest BCUT2D eigenvalue weighted by Gasteiger charge is 2.16. The fourth-order valence-electron chi connectivity index (χ4n) is 0.695. The number of hydrogen-bond donors (Lipinski definition) is 1. The largest absolute Gasteiger partial charge is 0.468 e. The first kappa shape index (κ1) is 11.9. The van der Waals surface area contributed by atoms with Crippen molar-refractivity contribution in [1.29, 1.82) is 0 Å². The summed E-state index contributed by atoms with van der Waals surface area (Å²) in [5, 5.41) is 2.50. The number of methoxy groups -OCH3 is 1. The van der Waals surface area contributed by atoms with Crippen molar-refractivity contribution in [2.24, 2.45) is 11.8 Å². The Morgan fingerprint density at radius 2 is 1.85 bits per heavy atom. The Labute approximate surface area is 78.6 Å². The van der Waals surface area contributed by atoms with Gasteiger partial charge in [-0.05, 0) is 5.92 Å². The summed E-state index contributed by atoms with van der Waals surface area (Å²) in [6.07, 6.45) is 0. The Bertz CT molecular complexity index is 189. The van der Waals surface area contributed by atoms with E-state index in [4.69, 9.17) is 0 Å². The van der Waals surface area contributed by atoms with Crippen molar-refractivity contribution in [3.8, 4) is 0 Å². The van der Waals surface area contributed by atoms with Crippen LogP contribution in [0.3, 0.4) is 0 Å². The van der Waals surface area contributed by atoms with Crippen LogP contribution in [0.5, 0.6) is 0 Å². The molecule has 0 bridgehead atoms. The SMILES string of the molecule is COC(=O)CNC(=O)[C@@H](C)C(C)C. The van der Waals surface area contributed by atoms with E-state index in [-0.39, 0.29) is 24.3 Å². The van der Waals surface area contributed by atoms with Gasteiger partial charge >= 0.3 is 5.97 Å². The molecule has 0 fully saturated rings. The molecule has 0 saturated heterocycles. The van der Waals surface area contributed by atoms with Crippen molar-refractivity contribution in [1.82, 2.24) is 5.32 Å². The van der Waals surface area contributed by atoms with Gasteiger partial charge < -0.3 is 10.1 Å². The molecule has 0 heterocycles. The van der Waals surface area contributed by atoms with Crippen molar-refractivity contribution in [3.05, 3.63) is 0 Å². The second-order valence-electron chi connectivity index (χ2n) is 3.33. The van der Waals surface area contributed by atoms with Crippen molar-refractivity contribution in [2.45, 2.75) is 20.8 Å². The molecule has 0 spiro atoms. The molecule has 76 valence electrons. The Morgan fingerprint density at radius 1 is 1.31 bits per heavy atom.